The van der Waals surface area contributed by atoms with Crippen molar-refractivity contribution in [1.82, 2.24) is 10.2 Å². The lowest BCUT2D eigenvalue weighted by molar-refractivity contribution is -0.131. The fourth-order valence-corrected chi connectivity index (χ4v) is 5.66. The molecule has 1 unspecified atom stereocenters. The average molecular weight is 607 g/mol. The summed E-state index contributed by atoms with van der Waals surface area (Å²) < 4.78 is 25.5. The van der Waals surface area contributed by atoms with E-state index < -0.39 is 23.1 Å². The minimum atomic E-state index is -0.659. The monoisotopic (exact) mass is 605 g/mol. The molecule has 4 rings (SSSR count). The molecule has 11 heteroatoms. The Morgan fingerprint density at radius 2 is 1.90 bits per heavy atom. The summed E-state index contributed by atoms with van der Waals surface area (Å²) in [6.07, 6.45) is 1.90. The van der Waals surface area contributed by atoms with Crippen molar-refractivity contribution in [3.63, 3.8) is 0 Å². The average Bonchev–Trinajstić information content (AvgIpc) is 2.86. The van der Waals surface area contributed by atoms with Crippen molar-refractivity contribution in [2.24, 2.45) is 0 Å². The Morgan fingerprint density at radius 1 is 1.15 bits per heavy atom. The second-order valence-electron chi connectivity index (χ2n) is 11.1. The van der Waals surface area contributed by atoms with Crippen LogP contribution in [0.3, 0.4) is 0 Å². The lowest BCUT2D eigenvalue weighted by atomic mass is 9.93. The van der Waals surface area contributed by atoms with Crippen LogP contribution in [-0.2, 0) is 22.4 Å². The number of anilines is 1. The molecule has 41 heavy (non-hydrogen) atoms. The molecule has 1 aliphatic heterocycles. The van der Waals surface area contributed by atoms with Crippen LogP contribution in [0.5, 0.6) is 0 Å². The van der Waals surface area contributed by atoms with Gasteiger partial charge in [-0.1, -0.05) is 23.2 Å². The Labute approximate surface area is 248 Å². The van der Waals surface area contributed by atoms with E-state index in [9.17, 15) is 18.8 Å². The second-order valence-corrected chi connectivity index (χ2v) is 12.0. The van der Waals surface area contributed by atoms with Crippen LogP contribution in [0.4, 0.5) is 14.9 Å². The molecule has 2 N–H and O–H groups in total. The van der Waals surface area contributed by atoms with Crippen LogP contribution in [0, 0.1) is 5.82 Å². The molecule has 0 saturated carbocycles. The normalized spacial score (nSPS) is 15.0. The van der Waals surface area contributed by atoms with E-state index in [1.807, 2.05) is 13.0 Å². The van der Waals surface area contributed by atoms with E-state index in [2.05, 4.69) is 10.6 Å². The number of carbonyl (C=O) groups is 2. The highest BCUT2D eigenvalue weighted by atomic mass is 35.5. The maximum Gasteiger partial charge on any atom is 0.407 e. The molecule has 3 aromatic rings. The van der Waals surface area contributed by atoms with Gasteiger partial charge in [0.05, 0.1) is 23.7 Å². The quantitative estimate of drug-likeness (QED) is 0.279. The standard InChI is InChI=1S/C30H34Cl2FN3O5/c1-17-27-18(11-20(31)14-23(27)32)8-10-36(17)26(37)16-35-25-13-19-12-21(40-28(38)22(19)15-24(25)33)7-5-6-9-34-29(39)41-30(2,3)4/h11-15,17,35H,5-10,16H2,1-4H3,(H,34,39). The number of halogens is 3. The number of ether oxygens (including phenoxy) is 1. The largest absolute Gasteiger partial charge is 0.444 e. The molecule has 1 aliphatic rings. The number of hydrogen-bond acceptors (Lipinski definition) is 6. The van der Waals surface area contributed by atoms with Crippen LogP contribution in [-0.4, -0.2) is 42.1 Å². The number of rotatable bonds is 8. The summed E-state index contributed by atoms with van der Waals surface area (Å²) in [6, 6.07) is 7.60. The first-order chi connectivity index (χ1) is 19.3. The van der Waals surface area contributed by atoms with Gasteiger partial charge in [-0.05, 0) is 93.8 Å². The number of hydrogen-bond donors (Lipinski definition) is 2. The van der Waals surface area contributed by atoms with Gasteiger partial charge in [-0.25, -0.2) is 14.0 Å². The number of benzene rings is 2. The first kappa shape index (κ1) is 30.7. The highest BCUT2D eigenvalue weighted by Gasteiger charge is 2.29. The molecule has 0 radical (unpaired) electrons. The van der Waals surface area contributed by atoms with Crippen molar-refractivity contribution in [2.45, 2.75) is 65.0 Å². The number of amides is 2. The molecular weight excluding hydrogens is 572 g/mol. The predicted octanol–water partition coefficient (Wildman–Crippen LogP) is 6.64. The molecule has 0 spiro atoms. The summed E-state index contributed by atoms with van der Waals surface area (Å²) >= 11 is 12.6. The smallest absolute Gasteiger partial charge is 0.407 e. The molecule has 8 nitrogen and oxygen atoms in total. The van der Waals surface area contributed by atoms with Gasteiger partial charge in [0.2, 0.25) is 5.91 Å². The van der Waals surface area contributed by atoms with Crippen molar-refractivity contribution in [3.05, 3.63) is 73.5 Å². The van der Waals surface area contributed by atoms with Crippen molar-refractivity contribution in [1.29, 1.82) is 0 Å². The van der Waals surface area contributed by atoms with Crippen molar-refractivity contribution >= 4 is 51.7 Å². The number of nitrogens with zero attached hydrogens (tertiary/aromatic N) is 1. The van der Waals surface area contributed by atoms with Gasteiger partial charge in [0.25, 0.3) is 0 Å². The number of carbonyl (C=O) groups excluding carboxylic acids is 2. The van der Waals surface area contributed by atoms with Crippen LogP contribution in [0.1, 0.15) is 63.5 Å². The third-order valence-electron chi connectivity index (χ3n) is 6.86. The molecule has 0 aliphatic carbocycles. The molecule has 220 valence electrons. The summed E-state index contributed by atoms with van der Waals surface area (Å²) in [5.41, 5.74) is 0.789. The lowest BCUT2D eigenvalue weighted by Crippen LogP contribution is -2.42. The second kappa shape index (κ2) is 12.7. The van der Waals surface area contributed by atoms with Gasteiger partial charge >= 0.3 is 11.7 Å². The molecule has 0 bridgehead atoms. The van der Waals surface area contributed by atoms with Crippen LogP contribution in [0.15, 0.2) is 39.5 Å². The molecule has 0 fully saturated rings. The van der Waals surface area contributed by atoms with Gasteiger partial charge in [0.1, 0.15) is 17.2 Å². The van der Waals surface area contributed by atoms with Crippen LogP contribution in [0.25, 0.3) is 10.8 Å². The van der Waals surface area contributed by atoms with Crippen molar-refractivity contribution in [3.8, 4) is 0 Å². The van der Waals surface area contributed by atoms with E-state index in [0.717, 1.165) is 17.2 Å². The summed E-state index contributed by atoms with van der Waals surface area (Å²) in [7, 11) is 0. The minimum absolute atomic E-state index is 0.110. The summed E-state index contributed by atoms with van der Waals surface area (Å²) in [5, 5.41) is 7.27. The fraction of sp³-hybridized carbons (Fsp3) is 0.433. The highest BCUT2D eigenvalue weighted by Crippen LogP contribution is 2.37. The summed E-state index contributed by atoms with van der Waals surface area (Å²) in [6.45, 7) is 8.05. The molecule has 1 aromatic heterocycles. The van der Waals surface area contributed by atoms with Crippen molar-refractivity contribution in [2.75, 3.05) is 25.0 Å². The first-order valence-electron chi connectivity index (χ1n) is 13.6. The number of nitrogens with one attached hydrogen (secondary N) is 2. The summed E-state index contributed by atoms with van der Waals surface area (Å²) in [5.74, 6) is -0.415. The third-order valence-corrected chi connectivity index (χ3v) is 7.39. The van der Waals surface area contributed by atoms with E-state index in [4.69, 9.17) is 32.4 Å². The molecular formula is C30H34Cl2FN3O5. The van der Waals surface area contributed by atoms with E-state index in [1.54, 1.807) is 37.8 Å². The Balaban J connectivity index is 1.38. The van der Waals surface area contributed by atoms with E-state index in [-0.39, 0.29) is 29.6 Å². The molecule has 0 saturated heterocycles. The number of unbranched alkanes of at least 4 members (excludes halogenated alkanes) is 1. The number of aryl methyl sites for hydroxylation is 1. The molecule has 1 atom stereocenters. The molecule has 2 amide bonds. The van der Waals surface area contributed by atoms with Gasteiger partial charge in [0.15, 0.2) is 0 Å². The lowest BCUT2D eigenvalue weighted by Gasteiger charge is -2.36. The van der Waals surface area contributed by atoms with E-state index in [1.165, 1.54) is 6.07 Å². The Kier molecular flexibility index (Phi) is 9.49. The Hall–Kier alpha value is -3.30. The zero-order valence-electron chi connectivity index (χ0n) is 23.5. The summed E-state index contributed by atoms with van der Waals surface area (Å²) in [4.78, 5) is 39.1. The zero-order chi connectivity index (χ0) is 29.9. The fourth-order valence-electron chi connectivity index (χ4n) is 4.97. The maximum atomic E-state index is 14.9. The first-order valence-corrected chi connectivity index (χ1v) is 14.3. The highest BCUT2D eigenvalue weighted by molar-refractivity contribution is 6.35. The van der Waals surface area contributed by atoms with Gasteiger partial charge in [0, 0.05) is 29.6 Å². The van der Waals surface area contributed by atoms with Gasteiger partial charge < -0.3 is 24.7 Å². The van der Waals surface area contributed by atoms with Crippen LogP contribution >= 0.6 is 23.2 Å². The van der Waals surface area contributed by atoms with Gasteiger partial charge in [-0.15, -0.1) is 0 Å². The third kappa shape index (κ3) is 7.71. The minimum Gasteiger partial charge on any atom is -0.444 e. The molecule has 2 heterocycles. The van der Waals surface area contributed by atoms with Gasteiger partial charge in [-0.3, -0.25) is 4.79 Å². The van der Waals surface area contributed by atoms with Crippen LogP contribution in [0.2, 0.25) is 10.0 Å². The van der Waals surface area contributed by atoms with E-state index in [0.29, 0.717) is 60.0 Å². The Bertz CT molecular complexity index is 1520. The SMILES string of the molecule is CC1c2c(Cl)cc(Cl)cc2CCN1C(=O)CNc1cc2cc(CCCCNC(=O)OC(C)(C)C)oc(=O)c2cc1F. The predicted molar refractivity (Wildman–Crippen MR) is 158 cm³/mol. The number of alkyl carbamates (subject to hydrolysis) is 1. The van der Waals surface area contributed by atoms with Crippen LogP contribution < -0.4 is 16.3 Å². The Morgan fingerprint density at radius 3 is 2.63 bits per heavy atom. The van der Waals surface area contributed by atoms with Gasteiger partial charge in [-0.2, -0.15) is 0 Å². The molecule has 2 aromatic carbocycles. The number of fused-ring (bicyclic) bond motifs is 2. The maximum absolute atomic E-state index is 14.9. The zero-order valence-corrected chi connectivity index (χ0v) is 25.0. The topological polar surface area (TPSA) is 101 Å². The van der Waals surface area contributed by atoms with E-state index >= 15 is 0 Å². The van der Waals surface area contributed by atoms with Crippen molar-refractivity contribution < 1.29 is 23.1 Å².